The molecule has 6 unspecified atom stereocenters. The highest BCUT2D eigenvalue weighted by Crippen LogP contribution is 2.66. The van der Waals surface area contributed by atoms with Crippen LogP contribution in [0.1, 0.15) is 99.3 Å². The Morgan fingerprint density at radius 1 is 1.00 bits per heavy atom. The van der Waals surface area contributed by atoms with Crippen molar-refractivity contribution in [3.05, 3.63) is 11.6 Å². The van der Waals surface area contributed by atoms with Gasteiger partial charge in [-0.15, -0.1) is 0 Å². The molecule has 3 fully saturated rings. The summed E-state index contributed by atoms with van der Waals surface area (Å²) in [5.74, 6) is 4.90. The molecule has 4 aliphatic carbocycles. The second-order valence-electron chi connectivity index (χ2n) is 12.2. The van der Waals surface area contributed by atoms with Gasteiger partial charge in [0.05, 0.1) is 0 Å². The number of rotatable bonds is 1. The van der Waals surface area contributed by atoms with Crippen LogP contribution in [0.5, 0.6) is 0 Å². The van der Waals surface area contributed by atoms with E-state index in [1.165, 1.54) is 57.8 Å². The molecule has 0 amide bonds. The summed E-state index contributed by atoms with van der Waals surface area (Å²) in [7, 11) is 0. The van der Waals surface area contributed by atoms with Crippen LogP contribution >= 0.6 is 0 Å². The summed E-state index contributed by atoms with van der Waals surface area (Å²) in [6.45, 7) is 15.1. The third kappa shape index (κ3) is 2.85. The molecule has 4 aliphatic rings. The molecule has 0 bridgehead atoms. The lowest BCUT2D eigenvalue weighted by Gasteiger charge is -2.58. The van der Waals surface area contributed by atoms with Gasteiger partial charge in [0, 0.05) is 0 Å². The first kappa shape index (κ1) is 18.1. The summed E-state index contributed by atoms with van der Waals surface area (Å²) in [5, 5.41) is 0. The molecule has 0 aliphatic heterocycles. The normalized spacial score (nSPS) is 49.8. The van der Waals surface area contributed by atoms with Crippen LogP contribution in [0.25, 0.3) is 0 Å². The number of hydrogen-bond acceptors (Lipinski definition) is 0. The molecular formula is C25H42. The van der Waals surface area contributed by atoms with Gasteiger partial charge in [0.15, 0.2) is 0 Å². The third-order valence-electron chi connectivity index (χ3n) is 9.58. The zero-order valence-corrected chi connectivity index (χ0v) is 17.8. The fourth-order valence-electron chi connectivity index (χ4n) is 8.04. The molecule has 0 saturated heterocycles. The predicted octanol–water partition coefficient (Wildman–Crippen LogP) is 7.64. The van der Waals surface area contributed by atoms with E-state index in [4.69, 9.17) is 0 Å². The van der Waals surface area contributed by atoms with E-state index in [1.54, 1.807) is 0 Å². The molecule has 0 N–H and O–H groups in total. The Morgan fingerprint density at radius 3 is 2.48 bits per heavy atom. The second-order valence-corrected chi connectivity index (χ2v) is 12.2. The van der Waals surface area contributed by atoms with E-state index < -0.39 is 0 Å². The van der Waals surface area contributed by atoms with E-state index in [-0.39, 0.29) is 0 Å². The van der Waals surface area contributed by atoms with Crippen molar-refractivity contribution < 1.29 is 0 Å². The second kappa shape index (κ2) is 5.87. The van der Waals surface area contributed by atoms with Gasteiger partial charge >= 0.3 is 0 Å². The smallest absolute Gasteiger partial charge is 0.00851 e. The number of allylic oxidation sites excluding steroid dienone is 2. The largest absolute Gasteiger partial charge is 0.0845 e. The van der Waals surface area contributed by atoms with Gasteiger partial charge < -0.3 is 0 Å². The zero-order chi connectivity index (χ0) is 18.0. The van der Waals surface area contributed by atoms with Crippen LogP contribution < -0.4 is 0 Å². The lowest BCUT2D eigenvalue weighted by Crippen LogP contribution is -2.49. The van der Waals surface area contributed by atoms with Gasteiger partial charge in [0.2, 0.25) is 0 Å². The van der Waals surface area contributed by atoms with E-state index in [1.807, 2.05) is 5.57 Å². The number of hydrogen-bond donors (Lipinski definition) is 0. The highest BCUT2D eigenvalue weighted by molar-refractivity contribution is 5.25. The van der Waals surface area contributed by atoms with Gasteiger partial charge in [-0.2, -0.15) is 0 Å². The Bertz CT molecular complexity index is 549. The highest BCUT2D eigenvalue weighted by Gasteiger charge is 2.57. The quantitative estimate of drug-likeness (QED) is 0.429. The summed E-state index contributed by atoms with van der Waals surface area (Å²) >= 11 is 0. The van der Waals surface area contributed by atoms with Crippen molar-refractivity contribution in [3.8, 4) is 0 Å². The van der Waals surface area contributed by atoms with Crippen molar-refractivity contribution in [1.82, 2.24) is 0 Å². The van der Waals surface area contributed by atoms with Crippen molar-refractivity contribution >= 4 is 0 Å². The Hall–Kier alpha value is -0.260. The summed E-state index contributed by atoms with van der Waals surface area (Å²) in [6, 6.07) is 0. The van der Waals surface area contributed by atoms with Gasteiger partial charge in [-0.05, 0) is 104 Å². The predicted molar refractivity (Wildman–Crippen MR) is 108 cm³/mol. The summed E-state index contributed by atoms with van der Waals surface area (Å²) in [6.07, 6.45) is 16.0. The van der Waals surface area contributed by atoms with Gasteiger partial charge in [-0.1, -0.05) is 53.2 Å². The number of fused-ring (bicyclic) bond motifs is 5. The molecule has 142 valence electrons. The monoisotopic (exact) mass is 342 g/mol. The SMILES string of the molecule is CC1CCC2C3CC=C4C[C@H](CC(C)(C)C)CCC4(C)C3CCC12C. The molecule has 0 radical (unpaired) electrons. The fourth-order valence-corrected chi connectivity index (χ4v) is 8.04. The van der Waals surface area contributed by atoms with Crippen molar-refractivity contribution in [2.75, 3.05) is 0 Å². The molecule has 0 aromatic heterocycles. The maximum Gasteiger partial charge on any atom is -0.00851 e. The van der Waals surface area contributed by atoms with Gasteiger partial charge in [0.1, 0.15) is 0 Å². The molecule has 0 spiro atoms. The van der Waals surface area contributed by atoms with Crippen LogP contribution in [0.3, 0.4) is 0 Å². The topological polar surface area (TPSA) is 0 Å². The van der Waals surface area contributed by atoms with Crippen molar-refractivity contribution in [3.63, 3.8) is 0 Å². The van der Waals surface area contributed by atoms with E-state index in [9.17, 15) is 0 Å². The Labute approximate surface area is 157 Å². The molecule has 25 heavy (non-hydrogen) atoms. The van der Waals surface area contributed by atoms with Crippen molar-refractivity contribution in [1.29, 1.82) is 0 Å². The van der Waals surface area contributed by atoms with Crippen LogP contribution in [-0.4, -0.2) is 0 Å². The molecule has 4 rings (SSSR count). The average molecular weight is 343 g/mol. The lowest BCUT2D eigenvalue weighted by atomic mass is 9.47. The maximum absolute atomic E-state index is 2.75. The minimum Gasteiger partial charge on any atom is -0.0845 e. The minimum atomic E-state index is 0.489. The van der Waals surface area contributed by atoms with Crippen LogP contribution in [0.4, 0.5) is 0 Å². The van der Waals surface area contributed by atoms with Crippen molar-refractivity contribution in [2.24, 2.45) is 45.8 Å². The molecule has 0 aromatic rings. The van der Waals surface area contributed by atoms with Gasteiger partial charge in [0.25, 0.3) is 0 Å². The fraction of sp³-hybridized carbons (Fsp3) is 0.920. The Kier molecular flexibility index (Phi) is 4.25. The van der Waals surface area contributed by atoms with Crippen LogP contribution in [0.2, 0.25) is 0 Å². The van der Waals surface area contributed by atoms with Gasteiger partial charge in [-0.25, -0.2) is 0 Å². The zero-order valence-electron chi connectivity index (χ0n) is 17.8. The lowest BCUT2D eigenvalue weighted by molar-refractivity contribution is -0.0428. The van der Waals surface area contributed by atoms with Crippen molar-refractivity contribution in [2.45, 2.75) is 99.3 Å². The minimum absolute atomic E-state index is 0.489. The first-order valence-electron chi connectivity index (χ1n) is 11.3. The summed E-state index contributed by atoms with van der Waals surface area (Å²) in [5.41, 5.74) is 3.57. The molecule has 3 saturated carbocycles. The molecule has 0 nitrogen and oxygen atoms in total. The first-order valence-corrected chi connectivity index (χ1v) is 11.3. The molecule has 0 heteroatoms. The van der Waals surface area contributed by atoms with E-state index in [2.05, 4.69) is 47.6 Å². The van der Waals surface area contributed by atoms with Gasteiger partial charge in [-0.3, -0.25) is 0 Å². The molecular weight excluding hydrogens is 300 g/mol. The first-order chi connectivity index (χ1) is 11.6. The van der Waals surface area contributed by atoms with Crippen LogP contribution in [0.15, 0.2) is 11.6 Å². The third-order valence-corrected chi connectivity index (χ3v) is 9.58. The summed E-state index contributed by atoms with van der Waals surface area (Å²) < 4.78 is 0. The highest BCUT2D eigenvalue weighted by atomic mass is 14.6. The molecule has 7 atom stereocenters. The maximum atomic E-state index is 2.75. The standard InChI is InChI=1S/C25H42/c1-17-7-10-21-20-9-8-19-15-18(16-23(2,3)4)11-13-25(19,6)22(20)12-14-24(17,21)5/h8,17-18,20-22H,7,9-16H2,1-6H3/t17?,18-,20?,21?,22?,24?,25?/m1/s1. The molecule has 0 aromatic carbocycles. The average Bonchev–Trinajstić information content (AvgIpc) is 2.82. The summed E-state index contributed by atoms with van der Waals surface area (Å²) in [4.78, 5) is 0. The van der Waals surface area contributed by atoms with E-state index in [0.29, 0.717) is 16.2 Å². The molecule has 0 heterocycles. The van der Waals surface area contributed by atoms with E-state index in [0.717, 1.165) is 29.6 Å². The van der Waals surface area contributed by atoms with Crippen LogP contribution in [-0.2, 0) is 0 Å². The Morgan fingerprint density at radius 2 is 1.76 bits per heavy atom. The van der Waals surface area contributed by atoms with E-state index >= 15 is 0 Å². The Balaban J connectivity index is 1.56. The van der Waals surface area contributed by atoms with Crippen LogP contribution in [0, 0.1) is 45.8 Å².